The van der Waals surface area contributed by atoms with Crippen molar-refractivity contribution in [2.45, 2.75) is 51.1 Å². The molecule has 142 valence electrons. The first-order valence-corrected chi connectivity index (χ1v) is 8.47. The summed E-state index contributed by atoms with van der Waals surface area (Å²) in [6.45, 7) is 8.94. The lowest BCUT2D eigenvalue weighted by molar-refractivity contribution is -0.142. The van der Waals surface area contributed by atoms with E-state index in [1.807, 2.05) is 0 Å². The SMILES string of the molecule is [B]C(C)(C)O[C@H]1C[C@H](n2cc(F)/c(=C(\C)N=CC#C)c2=C)O[C@@H]1C(=O)NC. The summed E-state index contributed by atoms with van der Waals surface area (Å²) in [7, 11) is 7.43. The third kappa shape index (κ3) is 4.68. The van der Waals surface area contributed by atoms with Crippen LogP contribution in [0.4, 0.5) is 4.39 Å². The number of hydrogen-bond acceptors (Lipinski definition) is 4. The van der Waals surface area contributed by atoms with Gasteiger partial charge in [-0.15, -0.1) is 6.42 Å². The van der Waals surface area contributed by atoms with E-state index in [2.05, 4.69) is 22.8 Å². The molecule has 0 bridgehead atoms. The van der Waals surface area contributed by atoms with Crippen molar-refractivity contribution in [1.29, 1.82) is 0 Å². The first-order valence-electron chi connectivity index (χ1n) is 8.47. The first kappa shape index (κ1) is 20.9. The summed E-state index contributed by atoms with van der Waals surface area (Å²) < 4.78 is 27.7. The molecule has 0 spiro atoms. The molecule has 8 heteroatoms. The number of amides is 1. The molecule has 1 aliphatic rings. The van der Waals surface area contributed by atoms with Gasteiger partial charge in [-0.2, -0.15) is 0 Å². The molecule has 0 unspecified atom stereocenters. The van der Waals surface area contributed by atoms with Crippen molar-refractivity contribution >= 4 is 32.2 Å². The molecule has 3 atom stereocenters. The number of carbonyl (C=O) groups is 1. The van der Waals surface area contributed by atoms with Crippen LogP contribution in [0, 0.1) is 18.2 Å². The number of nitrogens with one attached hydrogen (secondary N) is 1. The van der Waals surface area contributed by atoms with Crippen molar-refractivity contribution in [3.8, 4) is 12.3 Å². The van der Waals surface area contributed by atoms with Crippen LogP contribution in [-0.2, 0) is 14.3 Å². The number of rotatable bonds is 5. The first-order chi connectivity index (χ1) is 12.6. The summed E-state index contributed by atoms with van der Waals surface area (Å²) in [4.78, 5) is 16.2. The summed E-state index contributed by atoms with van der Waals surface area (Å²) in [5.74, 6) is 1.42. The van der Waals surface area contributed by atoms with Gasteiger partial charge in [-0.25, -0.2) is 4.39 Å². The number of nitrogens with zero attached hydrogens (tertiary/aromatic N) is 2. The molecule has 1 N–H and O–H groups in total. The number of carbonyl (C=O) groups excluding carboxylic acids is 1. The van der Waals surface area contributed by atoms with Gasteiger partial charge in [-0.05, 0) is 20.8 Å². The van der Waals surface area contributed by atoms with Crippen molar-refractivity contribution in [3.63, 3.8) is 0 Å². The van der Waals surface area contributed by atoms with E-state index in [0.29, 0.717) is 17.5 Å². The van der Waals surface area contributed by atoms with Crippen LogP contribution >= 0.6 is 0 Å². The molecule has 1 amide bonds. The Morgan fingerprint density at radius 3 is 2.89 bits per heavy atom. The second-order valence-corrected chi connectivity index (χ2v) is 6.84. The van der Waals surface area contributed by atoms with Crippen molar-refractivity contribution in [1.82, 2.24) is 9.88 Å². The van der Waals surface area contributed by atoms with Crippen LogP contribution in [0.15, 0.2) is 11.2 Å². The van der Waals surface area contributed by atoms with Gasteiger partial charge in [0.2, 0.25) is 0 Å². The van der Waals surface area contributed by atoms with E-state index in [-0.39, 0.29) is 11.1 Å². The minimum absolute atomic E-state index is 0.241. The number of terminal acetylenes is 1. The molecule has 1 aromatic heterocycles. The smallest absolute Gasteiger partial charge is 0.251 e. The molecule has 2 radical (unpaired) electrons. The summed E-state index contributed by atoms with van der Waals surface area (Å²) in [6, 6.07) is 0. The average Bonchev–Trinajstić information content (AvgIpc) is 3.11. The van der Waals surface area contributed by atoms with Gasteiger partial charge >= 0.3 is 0 Å². The highest BCUT2D eigenvalue weighted by molar-refractivity contribution is 6.13. The molecule has 1 fully saturated rings. The summed E-state index contributed by atoms with van der Waals surface area (Å²) in [5.41, 5.74) is -0.560. The molecule has 0 aromatic carbocycles. The van der Waals surface area contributed by atoms with E-state index < -0.39 is 29.8 Å². The van der Waals surface area contributed by atoms with Crippen molar-refractivity contribution in [2.75, 3.05) is 7.05 Å². The molecule has 1 aliphatic heterocycles. The highest BCUT2D eigenvalue weighted by Crippen LogP contribution is 2.32. The van der Waals surface area contributed by atoms with E-state index in [9.17, 15) is 9.18 Å². The summed E-state index contributed by atoms with van der Waals surface area (Å²) >= 11 is 0. The topological polar surface area (TPSA) is 64.8 Å². The van der Waals surface area contributed by atoms with Crippen LogP contribution in [0.2, 0.25) is 0 Å². The molecule has 6 nitrogen and oxygen atoms in total. The molecule has 0 saturated carbocycles. The molecular formula is C19H23BFN3O3. The van der Waals surface area contributed by atoms with Gasteiger partial charge in [0.15, 0.2) is 11.9 Å². The zero-order chi connectivity index (χ0) is 20.4. The van der Waals surface area contributed by atoms with Crippen LogP contribution in [0.1, 0.15) is 33.4 Å². The predicted octanol–water partition coefficient (Wildman–Crippen LogP) is 0.193. The number of aliphatic imine (C=N–C) groups is 1. The van der Waals surface area contributed by atoms with Crippen molar-refractivity contribution in [3.05, 3.63) is 22.6 Å². The van der Waals surface area contributed by atoms with Gasteiger partial charge < -0.3 is 19.4 Å². The Balaban J connectivity index is 2.42. The average molecular weight is 371 g/mol. The zero-order valence-corrected chi connectivity index (χ0v) is 16.0. The molecule has 2 rings (SSSR count). The van der Waals surface area contributed by atoms with Crippen LogP contribution in [-0.4, -0.2) is 49.3 Å². The zero-order valence-electron chi connectivity index (χ0n) is 16.0. The van der Waals surface area contributed by atoms with E-state index in [4.69, 9.17) is 23.7 Å². The van der Waals surface area contributed by atoms with E-state index in [0.717, 1.165) is 0 Å². The monoisotopic (exact) mass is 371 g/mol. The molecule has 1 saturated heterocycles. The fraction of sp³-hybridized carbons (Fsp3) is 0.474. The Labute approximate surface area is 159 Å². The van der Waals surface area contributed by atoms with E-state index >= 15 is 0 Å². The Bertz CT molecular complexity index is 895. The fourth-order valence-corrected chi connectivity index (χ4v) is 3.06. The quantitative estimate of drug-likeness (QED) is 0.457. The highest BCUT2D eigenvalue weighted by atomic mass is 19.1. The molecular weight excluding hydrogens is 348 g/mol. The lowest BCUT2D eigenvalue weighted by Gasteiger charge is -2.27. The Morgan fingerprint density at radius 2 is 2.33 bits per heavy atom. The Kier molecular flexibility index (Phi) is 6.29. The molecule has 27 heavy (non-hydrogen) atoms. The predicted molar refractivity (Wildman–Crippen MR) is 103 cm³/mol. The number of likely N-dealkylation sites (N-methyl/N-ethyl adjacent to an activating group) is 1. The van der Waals surface area contributed by atoms with Crippen molar-refractivity contribution in [2.24, 2.45) is 4.99 Å². The second-order valence-electron chi connectivity index (χ2n) is 6.84. The maximum atomic E-state index is 14.5. The largest absolute Gasteiger partial charge is 0.379 e. The number of aromatic nitrogens is 1. The summed E-state index contributed by atoms with van der Waals surface area (Å²) in [6.07, 6.45) is 5.87. The van der Waals surface area contributed by atoms with Crippen LogP contribution in [0.25, 0.3) is 12.3 Å². The Hall–Kier alpha value is -2.37. The van der Waals surface area contributed by atoms with E-state index in [1.54, 1.807) is 20.8 Å². The van der Waals surface area contributed by atoms with Crippen LogP contribution in [0.3, 0.4) is 0 Å². The molecule has 2 heterocycles. The standard InChI is InChI=1S/C19H23BFN3O3/c1-7-8-23-11(2)16-12(3)24(10-13(16)21)15-9-14(27-19(4,5)20)17(26-15)18(25)22-6/h1,8,10,14-15,17H,3,9H2,2,4-6H3,(H,22,25)/b16-11+,23-8?/t14-,15+,17-/m0/s1. The van der Waals surface area contributed by atoms with Gasteiger partial charge in [-0.1, -0.05) is 12.5 Å². The van der Waals surface area contributed by atoms with Gasteiger partial charge in [0.1, 0.15) is 14.1 Å². The number of ether oxygens (including phenoxy) is 2. The molecule has 1 aromatic rings. The second kappa shape index (κ2) is 8.11. The normalized spacial score (nSPS) is 24.1. The van der Waals surface area contributed by atoms with Crippen molar-refractivity contribution < 1.29 is 18.7 Å². The number of hydrogen-bond donors (Lipinski definition) is 1. The summed E-state index contributed by atoms with van der Waals surface area (Å²) in [5, 5.41) is 3.15. The van der Waals surface area contributed by atoms with Gasteiger partial charge in [-0.3, -0.25) is 9.79 Å². The number of halogens is 1. The van der Waals surface area contributed by atoms with Crippen LogP contribution in [0.5, 0.6) is 0 Å². The maximum absolute atomic E-state index is 14.5. The van der Waals surface area contributed by atoms with E-state index in [1.165, 1.54) is 24.0 Å². The fourth-order valence-electron chi connectivity index (χ4n) is 3.06. The molecule has 0 aliphatic carbocycles. The highest BCUT2D eigenvalue weighted by Gasteiger charge is 2.43. The minimum Gasteiger partial charge on any atom is -0.379 e. The van der Waals surface area contributed by atoms with Gasteiger partial charge in [0, 0.05) is 30.5 Å². The maximum Gasteiger partial charge on any atom is 0.251 e. The lowest BCUT2D eigenvalue weighted by Crippen LogP contribution is -2.43. The third-order valence-corrected chi connectivity index (χ3v) is 4.13. The van der Waals surface area contributed by atoms with Crippen LogP contribution < -0.4 is 15.9 Å². The van der Waals surface area contributed by atoms with Gasteiger partial charge in [0.25, 0.3) is 5.91 Å². The third-order valence-electron chi connectivity index (χ3n) is 4.13. The Morgan fingerprint density at radius 1 is 1.67 bits per heavy atom. The minimum atomic E-state index is -0.954. The van der Waals surface area contributed by atoms with Gasteiger partial charge in [0.05, 0.1) is 23.2 Å². The lowest BCUT2D eigenvalue weighted by atomic mass is 9.85.